The van der Waals surface area contributed by atoms with Gasteiger partial charge in [-0.2, -0.15) is 0 Å². The number of carbonyl (C=O) groups is 1. The van der Waals surface area contributed by atoms with E-state index in [2.05, 4.69) is 5.32 Å². The molecule has 0 aromatic heterocycles. The third-order valence-electron chi connectivity index (χ3n) is 2.20. The van der Waals surface area contributed by atoms with Crippen LogP contribution in [-0.2, 0) is 11.3 Å². The highest BCUT2D eigenvalue weighted by atomic mass is 35.5. The van der Waals surface area contributed by atoms with Gasteiger partial charge in [0.05, 0.1) is 4.92 Å². The molecule has 0 saturated carbocycles. The van der Waals surface area contributed by atoms with Gasteiger partial charge in [0.25, 0.3) is 5.69 Å². The minimum absolute atomic E-state index is 0.0747. The molecule has 1 amide bonds. The molecular weight excluding hydrogens is 244 g/mol. The summed E-state index contributed by atoms with van der Waals surface area (Å²) in [6, 6.07) is 4.39. The first-order valence-electron chi connectivity index (χ1n) is 5.24. The zero-order chi connectivity index (χ0) is 12.8. The van der Waals surface area contributed by atoms with Crippen molar-refractivity contribution in [2.24, 2.45) is 0 Å². The van der Waals surface area contributed by atoms with Crippen LogP contribution in [0.1, 0.15) is 25.3 Å². The maximum atomic E-state index is 11.3. The fourth-order valence-corrected chi connectivity index (χ4v) is 1.53. The van der Waals surface area contributed by atoms with Gasteiger partial charge in [-0.1, -0.05) is 18.5 Å². The molecule has 0 heterocycles. The molecule has 92 valence electrons. The molecule has 0 aliphatic carbocycles. The third-order valence-corrected chi connectivity index (χ3v) is 2.43. The Morgan fingerprint density at radius 1 is 1.53 bits per heavy atom. The summed E-state index contributed by atoms with van der Waals surface area (Å²) in [6.45, 7) is 2.04. The van der Waals surface area contributed by atoms with Crippen molar-refractivity contribution in [3.8, 4) is 0 Å². The topological polar surface area (TPSA) is 72.2 Å². The molecular formula is C11H13ClN2O3. The predicted molar refractivity (Wildman–Crippen MR) is 64.9 cm³/mol. The van der Waals surface area contributed by atoms with Gasteiger partial charge in [-0.3, -0.25) is 14.9 Å². The zero-order valence-electron chi connectivity index (χ0n) is 9.40. The number of nitrogens with one attached hydrogen (secondary N) is 1. The summed E-state index contributed by atoms with van der Waals surface area (Å²) in [4.78, 5) is 21.5. The zero-order valence-corrected chi connectivity index (χ0v) is 10.2. The van der Waals surface area contributed by atoms with Crippen LogP contribution in [0.2, 0.25) is 5.02 Å². The molecule has 0 bridgehead atoms. The molecule has 0 aliphatic heterocycles. The van der Waals surface area contributed by atoms with Crippen LogP contribution in [0.3, 0.4) is 0 Å². The number of nitrogens with zero attached hydrogens (tertiary/aromatic N) is 1. The summed E-state index contributed by atoms with van der Waals surface area (Å²) in [6.07, 6.45) is 1.16. The Balaban J connectivity index is 2.77. The van der Waals surface area contributed by atoms with E-state index in [0.29, 0.717) is 17.0 Å². The fraction of sp³-hybridized carbons (Fsp3) is 0.364. The van der Waals surface area contributed by atoms with Crippen LogP contribution in [0.4, 0.5) is 5.69 Å². The Kier molecular flexibility index (Phi) is 4.90. The monoisotopic (exact) mass is 256 g/mol. The van der Waals surface area contributed by atoms with Crippen LogP contribution in [0.15, 0.2) is 18.2 Å². The second kappa shape index (κ2) is 6.20. The summed E-state index contributed by atoms with van der Waals surface area (Å²) in [5.41, 5.74) is 0.373. The number of rotatable bonds is 5. The molecule has 1 rings (SSSR count). The first-order valence-corrected chi connectivity index (χ1v) is 5.62. The van der Waals surface area contributed by atoms with Gasteiger partial charge < -0.3 is 5.32 Å². The molecule has 0 saturated heterocycles. The Hall–Kier alpha value is -1.62. The van der Waals surface area contributed by atoms with E-state index in [1.54, 1.807) is 12.1 Å². The maximum Gasteiger partial charge on any atom is 0.275 e. The highest BCUT2D eigenvalue weighted by Crippen LogP contribution is 2.22. The van der Waals surface area contributed by atoms with Crippen LogP contribution in [0.5, 0.6) is 0 Å². The summed E-state index contributed by atoms with van der Waals surface area (Å²) < 4.78 is 0. The van der Waals surface area contributed by atoms with Crippen molar-refractivity contribution in [1.82, 2.24) is 5.32 Å². The van der Waals surface area contributed by atoms with Gasteiger partial charge in [0, 0.05) is 29.6 Å². The Morgan fingerprint density at radius 3 is 2.82 bits per heavy atom. The largest absolute Gasteiger partial charge is 0.352 e. The lowest BCUT2D eigenvalue weighted by molar-refractivity contribution is -0.385. The molecule has 0 aliphatic rings. The number of carbonyl (C=O) groups excluding carboxylic acids is 1. The maximum absolute atomic E-state index is 11.3. The lowest BCUT2D eigenvalue weighted by atomic mass is 10.2. The number of nitro groups is 1. The number of hydrogen-bond donors (Lipinski definition) is 1. The highest BCUT2D eigenvalue weighted by molar-refractivity contribution is 6.30. The first kappa shape index (κ1) is 13.4. The lowest BCUT2D eigenvalue weighted by Crippen LogP contribution is -2.22. The summed E-state index contributed by atoms with van der Waals surface area (Å²) in [5.74, 6) is -0.114. The van der Waals surface area contributed by atoms with Gasteiger partial charge in [-0.05, 0) is 18.6 Å². The molecule has 1 aromatic rings. The van der Waals surface area contributed by atoms with Crippen LogP contribution in [0, 0.1) is 10.1 Å². The average Bonchev–Trinajstić information content (AvgIpc) is 2.27. The summed E-state index contributed by atoms with van der Waals surface area (Å²) >= 11 is 5.68. The van der Waals surface area contributed by atoms with Gasteiger partial charge in [-0.15, -0.1) is 0 Å². The van der Waals surface area contributed by atoms with Gasteiger partial charge in [0.15, 0.2) is 0 Å². The summed E-state index contributed by atoms with van der Waals surface area (Å²) in [7, 11) is 0. The Labute approximate surface area is 104 Å². The average molecular weight is 257 g/mol. The highest BCUT2D eigenvalue weighted by Gasteiger charge is 2.14. The van der Waals surface area contributed by atoms with E-state index in [-0.39, 0.29) is 18.1 Å². The van der Waals surface area contributed by atoms with Gasteiger partial charge in [0.1, 0.15) is 0 Å². The minimum Gasteiger partial charge on any atom is -0.352 e. The number of amides is 1. The number of nitro benzene ring substituents is 1. The number of halogens is 1. The third kappa shape index (κ3) is 4.03. The van der Waals surface area contributed by atoms with Crippen LogP contribution < -0.4 is 5.32 Å². The molecule has 0 atom stereocenters. The Bertz CT molecular complexity index is 435. The second-order valence-corrected chi connectivity index (χ2v) is 3.99. The van der Waals surface area contributed by atoms with Crippen LogP contribution in [-0.4, -0.2) is 10.8 Å². The van der Waals surface area contributed by atoms with E-state index >= 15 is 0 Å². The van der Waals surface area contributed by atoms with E-state index < -0.39 is 4.92 Å². The summed E-state index contributed by atoms with van der Waals surface area (Å²) in [5, 5.41) is 13.7. The predicted octanol–water partition coefficient (Wildman–Crippen LogP) is 2.66. The normalized spacial score (nSPS) is 10.0. The quantitative estimate of drug-likeness (QED) is 0.650. The van der Waals surface area contributed by atoms with E-state index in [4.69, 9.17) is 11.6 Å². The van der Waals surface area contributed by atoms with Crippen molar-refractivity contribution in [3.63, 3.8) is 0 Å². The van der Waals surface area contributed by atoms with E-state index in [9.17, 15) is 14.9 Å². The molecule has 0 fully saturated rings. The van der Waals surface area contributed by atoms with E-state index in [0.717, 1.165) is 6.42 Å². The van der Waals surface area contributed by atoms with E-state index in [1.807, 2.05) is 6.92 Å². The first-order chi connectivity index (χ1) is 8.04. The number of hydrogen-bond acceptors (Lipinski definition) is 3. The van der Waals surface area contributed by atoms with Crippen molar-refractivity contribution in [2.75, 3.05) is 0 Å². The van der Waals surface area contributed by atoms with Crippen molar-refractivity contribution >= 4 is 23.2 Å². The van der Waals surface area contributed by atoms with Crippen LogP contribution >= 0.6 is 11.6 Å². The SMILES string of the molecule is CCCC(=O)NCc1ccc(Cl)cc1[N+](=O)[O-]. The molecule has 5 nitrogen and oxygen atoms in total. The lowest BCUT2D eigenvalue weighted by Gasteiger charge is -2.05. The molecule has 6 heteroatoms. The Morgan fingerprint density at radius 2 is 2.24 bits per heavy atom. The van der Waals surface area contributed by atoms with Crippen molar-refractivity contribution in [3.05, 3.63) is 38.9 Å². The standard InChI is InChI=1S/C11H13ClN2O3/c1-2-3-11(15)13-7-8-4-5-9(12)6-10(8)14(16)17/h4-6H,2-3,7H2,1H3,(H,13,15). The number of benzene rings is 1. The van der Waals surface area contributed by atoms with Gasteiger partial charge >= 0.3 is 0 Å². The van der Waals surface area contributed by atoms with Crippen molar-refractivity contribution in [2.45, 2.75) is 26.3 Å². The molecule has 1 N–H and O–H groups in total. The van der Waals surface area contributed by atoms with Crippen molar-refractivity contribution < 1.29 is 9.72 Å². The van der Waals surface area contributed by atoms with E-state index in [1.165, 1.54) is 6.07 Å². The molecule has 0 unspecified atom stereocenters. The second-order valence-electron chi connectivity index (χ2n) is 3.56. The smallest absolute Gasteiger partial charge is 0.275 e. The van der Waals surface area contributed by atoms with Crippen molar-refractivity contribution in [1.29, 1.82) is 0 Å². The molecule has 0 radical (unpaired) electrons. The minimum atomic E-state index is -0.507. The molecule has 0 spiro atoms. The van der Waals surface area contributed by atoms with Gasteiger partial charge in [0.2, 0.25) is 5.91 Å². The van der Waals surface area contributed by atoms with Crippen LogP contribution in [0.25, 0.3) is 0 Å². The molecule has 1 aromatic carbocycles. The van der Waals surface area contributed by atoms with Gasteiger partial charge in [-0.25, -0.2) is 0 Å². The molecule has 17 heavy (non-hydrogen) atoms. The fourth-order valence-electron chi connectivity index (χ4n) is 1.37.